The van der Waals surface area contributed by atoms with Crippen LogP contribution in [-0.4, -0.2) is 18.9 Å². The van der Waals surface area contributed by atoms with Crippen LogP contribution in [0.4, 0.5) is 0 Å². The minimum Gasteiger partial charge on any atom is -0.496 e. The van der Waals surface area contributed by atoms with E-state index >= 15 is 0 Å². The van der Waals surface area contributed by atoms with Crippen molar-refractivity contribution in [2.24, 2.45) is 0 Å². The van der Waals surface area contributed by atoms with Crippen LogP contribution in [0.2, 0.25) is 0 Å². The number of rotatable bonds is 4. The predicted octanol–water partition coefficient (Wildman–Crippen LogP) is 5.60. The summed E-state index contributed by atoms with van der Waals surface area (Å²) >= 11 is 3.39. The lowest BCUT2D eigenvalue weighted by atomic mass is 10.0. The number of carbonyl (C=O) groups excluding carboxylic acids is 2. The van der Waals surface area contributed by atoms with Crippen LogP contribution in [0.25, 0.3) is 6.08 Å². The van der Waals surface area contributed by atoms with Crippen molar-refractivity contribution in [3.63, 3.8) is 0 Å². The van der Waals surface area contributed by atoms with Crippen LogP contribution in [0, 0.1) is 6.92 Å². The summed E-state index contributed by atoms with van der Waals surface area (Å²) < 4.78 is 17.5. The first-order valence-electron chi connectivity index (χ1n) is 9.16. The summed E-state index contributed by atoms with van der Waals surface area (Å²) in [6, 6.07) is 17.5. The molecule has 0 atom stereocenters. The van der Waals surface area contributed by atoms with Gasteiger partial charge in [0.05, 0.1) is 12.7 Å². The molecule has 4 rings (SSSR count). The molecule has 0 aromatic heterocycles. The van der Waals surface area contributed by atoms with Crippen molar-refractivity contribution in [1.82, 2.24) is 0 Å². The van der Waals surface area contributed by atoms with Gasteiger partial charge in [0.15, 0.2) is 5.76 Å². The van der Waals surface area contributed by atoms with Crippen LogP contribution >= 0.6 is 15.9 Å². The maximum absolute atomic E-state index is 12.8. The highest BCUT2D eigenvalue weighted by Crippen LogP contribution is 2.38. The van der Waals surface area contributed by atoms with Crippen LogP contribution in [0.5, 0.6) is 17.2 Å². The molecule has 150 valence electrons. The molecule has 1 aliphatic heterocycles. The number of Topliss-reactive ketones (excluding diaryl/α,β-unsaturated/α-hetero) is 1. The fourth-order valence-corrected chi connectivity index (χ4v) is 3.49. The van der Waals surface area contributed by atoms with Crippen LogP contribution < -0.4 is 14.2 Å². The van der Waals surface area contributed by atoms with E-state index in [0.29, 0.717) is 33.9 Å². The van der Waals surface area contributed by atoms with E-state index in [2.05, 4.69) is 15.9 Å². The molecule has 30 heavy (non-hydrogen) atoms. The average Bonchev–Trinajstić information content (AvgIpc) is 3.05. The SMILES string of the molecule is COc1ccccc1C(=O)Oc1cc(C)c2c(c1)O/C(=C\c1ccc(Br)cc1)C2=O. The number of para-hydroxylation sites is 1. The summed E-state index contributed by atoms with van der Waals surface area (Å²) in [7, 11) is 1.49. The van der Waals surface area contributed by atoms with E-state index < -0.39 is 5.97 Å². The number of fused-ring (bicyclic) bond motifs is 1. The van der Waals surface area contributed by atoms with Gasteiger partial charge in [0.2, 0.25) is 5.78 Å². The smallest absolute Gasteiger partial charge is 0.347 e. The number of methoxy groups -OCH3 is 1. The fraction of sp³-hybridized carbons (Fsp3) is 0.0833. The molecule has 0 unspecified atom stereocenters. The van der Waals surface area contributed by atoms with Crippen LogP contribution in [0.15, 0.2) is 70.9 Å². The monoisotopic (exact) mass is 464 g/mol. The summed E-state index contributed by atoms with van der Waals surface area (Å²) in [4.78, 5) is 25.4. The zero-order valence-electron chi connectivity index (χ0n) is 16.3. The Labute approximate surface area is 182 Å². The number of hydrogen-bond acceptors (Lipinski definition) is 5. The van der Waals surface area contributed by atoms with Gasteiger partial charge in [-0.1, -0.05) is 40.2 Å². The Bertz CT molecular complexity index is 1180. The summed E-state index contributed by atoms with van der Waals surface area (Å²) in [6.07, 6.45) is 1.69. The molecule has 0 amide bonds. The van der Waals surface area contributed by atoms with E-state index in [1.807, 2.05) is 24.3 Å². The topological polar surface area (TPSA) is 61.8 Å². The molecule has 0 fully saturated rings. The zero-order chi connectivity index (χ0) is 21.3. The third-order valence-electron chi connectivity index (χ3n) is 4.65. The highest BCUT2D eigenvalue weighted by atomic mass is 79.9. The number of ether oxygens (including phenoxy) is 3. The van der Waals surface area contributed by atoms with Gasteiger partial charge in [0.25, 0.3) is 0 Å². The number of hydrogen-bond donors (Lipinski definition) is 0. The minimum absolute atomic E-state index is 0.201. The van der Waals surface area contributed by atoms with Gasteiger partial charge in [-0.2, -0.15) is 0 Å². The summed E-state index contributed by atoms with van der Waals surface area (Å²) in [5.74, 6) is 0.552. The molecule has 5 nitrogen and oxygen atoms in total. The van der Waals surface area contributed by atoms with E-state index in [1.165, 1.54) is 7.11 Å². The number of esters is 1. The summed E-state index contributed by atoms with van der Waals surface area (Å²) in [6.45, 7) is 1.78. The molecule has 1 heterocycles. The molecule has 1 aliphatic rings. The van der Waals surface area contributed by atoms with Crippen molar-refractivity contribution in [3.8, 4) is 17.2 Å². The molecule has 0 spiro atoms. The van der Waals surface area contributed by atoms with Gasteiger partial charge in [0, 0.05) is 10.5 Å². The number of ketones is 1. The Morgan fingerprint density at radius 1 is 1.07 bits per heavy atom. The Hall–Kier alpha value is -3.38. The van der Waals surface area contributed by atoms with Gasteiger partial charge in [-0.25, -0.2) is 4.79 Å². The molecule has 3 aromatic carbocycles. The van der Waals surface area contributed by atoms with E-state index in [-0.39, 0.29) is 11.5 Å². The molecule has 0 radical (unpaired) electrons. The molecule has 0 saturated carbocycles. The lowest BCUT2D eigenvalue weighted by Crippen LogP contribution is -2.10. The first-order chi connectivity index (χ1) is 14.5. The number of carbonyl (C=O) groups is 2. The number of benzene rings is 3. The van der Waals surface area contributed by atoms with Crippen molar-refractivity contribution >= 4 is 33.8 Å². The van der Waals surface area contributed by atoms with Crippen molar-refractivity contribution < 1.29 is 23.8 Å². The van der Waals surface area contributed by atoms with Crippen molar-refractivity contribution in [1.29, 1.82) is 0 Å². The molecule has 0 aliphatic carbocycles. The van der Waals surface area contributed by atoms with E-state index in [1.54, 1.807) is 49.4 Å². The molecule has 6 heteroatoms. The standard InChI is InChI=1S/C24H17BrO5/c1-14-11-17(29-24(27)18-5-3-4-6-19(18)28-2)13-20-22(14)23(26)21(30-20)12-15-7-9-16(25)10-8-15/h3-13H,1-2H3/b21-12-. The van der Waals surface area contributed by atoms with Gasteiger partial charge >= 0.3 is 5.97 Å². The van der Waals surface area contributed by atoms with Gasteiger partial charge < -0.3 is 14.2 Å². The van der Waals surface area contributed by atoms with Crippen LogP contribution in [-0.2, 0) is 0 Å². The lowest BCUT2D eigenvalue weighted by molar-refractivity contribution is 0.0731. The number of aryl methyl sites for hydroxylation is 1. The average molecular weight is 465 g/mol. The second-order valence-electron chi connectivity index (χ2n) is 6.69. The van der Waals surface area contributed by atoms with Crippen molar-refractivity contribution in [3.05, 3.63) is 93.1 Å². The van der Waals surface area contributed by atoms with Crippen LogP contribution in [0.1, 0.15) is 31.8 Å². The highest BCUT2D eigenvalue weighted by molar-refractivity contribution is 9.10. The molecular weight excluding hydrogens is 448 g/mol. The lowest BCUT2D eigenvalue weighted by Gasteiger charge is -2.10. The van der Waals surface area contributed by atoms with Gasteiger partial charge in [0.1, 0.15) is 22.8 Å². The first-order valence-corrected chi connectivity index (χ1v) is 9.95. The Kier molecular flexibility index (Phi) is 5.42. The normalized spacial score (nSPS) is 13.7. The third-order valence-corrected chi connectivity index (χ3v) is 5.18. The Morgan fingerprint density at radius 3 is 2.53 bits per heavy atom. The predicted molar refractivity (Wildman–Crippen MR) is 116 cm³/mol. The second-order valence-corrected chi connectivity index (χ2v) is 7.61. The second kappa shape index (κ2) is 8.16. The van der Waals surface area contributed by atoms with Gasteiger partial charge in [-0.15, -0.1) is 0 Å². The number of halogens is 1. The third kappa shape index (κ3) is 3.86. The maximum Gasteiger partial charge on any atom is 0.347 e. The fourth-order valence-electron chi connectivity index (χ4n) is 3.22. The molecule has 0 saturated heterocycles. The van der Waals surface area contributed by atoms with E-state index in [0.717, 1.165) is 10.0 Å². The highest BCUT2D eigenvalue weighted by Gasteiger charge is 2.30. The zero-order valence-corrected chi connectivity index (χ0v) is 17.9. The quantitative estimate of drug-likeness (QED) is 0.285. The molecule has 3 aromatic rings. The van der Waals surface area contributed by atoms with E-state index in [9.17, 15) is 9.59 Å². The maximum atomic E-state index is 12.8. The molecule has 0 bridgehead atoms. The van der Waals surface area contributed by atoms with Crippen LogP contribution in [0.3, 0.4) is 0 Å². The molecular formula is C24H17BrO5. The van der Waals surface area contributed by atoms with Gasteiger partial charge in [-0.3, -0.25) is 4.79 Å². The van der Waals surface area contributed by atoms with Crippen molar-refractivity contribution in [2.75, 3.05) is 7.11 Å². The summed E-state index contributed by atoms with van der Waals surface area (Å²) in [5, 5.41) is 0. The minimum atomic E-state index is -0.554. The Balaban J connectivity index is 1.61. The molecule has 0 N–H and O–H groups in total. The van der Waals surface area contributed by atoms with E-state index in [4.69, 9.17) is 14.2 Å². The van der Waals surface area contributed by atoms with Gasteiger partial charge in [-0.05, 0) is 54.5 Å². The summed E-state index contributed by atoms with van der Waals surface area (Å²) in [5.41, 5.74) is 2.29. The largest absolute Gasteiger partial charge is 0.496 e. The Morgan fingerprint density at radius 2 is 1.80 bits per heavy atom. The first kappa shape index (κ1) is 19.9. The number of allylic oxidation sites excluding steroid dienone is 1. The van der Waals surface area contributed by atoms with Crippen molar-refractivity contribution in [2.45, 2.75) is 6.92 Å².